The molecule has 1 atom stereocenters. The Morgan fingerprint density at radius 3 is 2.30 bits per heavy atom. The fourth-order valence-corrected chi connectivity index (χ4v) is 3.60. The quantitative estimate of drug-likeness (QED) is 0.573. The molecule has 10 heteroatoms. The van der Waals surface area contributed by atoms with Crippen LogP contribution in [-0.2, 0) is 4.74 Å². The van der Waals surface area contributed by atoms with Gasteiger partial charge in [-0.2, -0.15) is 17.8 Å². The summed E-state index contributed by atoms with van der Waals surface area (Å²) >= 11 is 0. The third-order valence-electron chi connectivity index (χ3n) is 5.39. The molecule has 0 aromatic rings. The number of hydrogen-bond acceptors (Lipinski definition) is 3. The van der Waals surface area contributed by atoms with Crippen molar-refractivity contribution in [1.29, 1.82) is 0 Å². The summed E-state index contributed by atoms with van der Waals surface area (Å²) in [6.45, 7) is 0.744. The van der Waals surface area contributed by atoms with Gasteiger partial charge in [-0.15, -0.1) is 0 Å². The summed E-state index contributed by atoms with van der Waals surface area (Å²) in [5.41, 5.74) is 1.22. The molecule has 1 amide bonds. The minimum Gasteiger partial charge on any atom is -0.437 e. The average Bonchev–Trinajstić information content (AvgIpc) is 2.66. The number of quaternary nitrogens is 1. The van der Waals surface area contributed by atoms with Crippen molar-refractivity contribution < 1.29 is 36.1 Å². The van der Waals surface area contributed by atoms with E-state index in [1.54, 1.807) is 14.1 Å². The predicted molar refractivity (Wildman–Crippen MR) is 86.7 cm³/mol. The van der Waals surface area contributed by atoms with Crippen LogP contribution in [0.15, 0.2) is 16.5 Å². The van der Waals surface area contributed by atoms with Crippen molar-refractivity contribution >= 4 is 11.8 Å². The first-order chi connectivity index (χ1) is 12.3. The lowest BCUT2D eigenvalue weighted by Gasteiger charge is -2.36. The molecule has 0 bridgehead atoms. The average molecular weight is 396 g/mol. The SMILES string of the molecule is C[C@H](OC(=O)NC1=C(C2CCC2)C(C2CC(F)(F)C2)=N[N+]1(C)C)C(F)(F)F. The molecular formula is C17H23F5N3O2+. The van der Waals surface area contributed by atoms with Gasteiger partial charge < -0.3 is 4.74 Å². The highest BCUT2D eigenvalue weighted by Crippen LogP contribution is 2.49. The topological polar surface area (TPSA) is 50.7 Å². The van der Waals surface area contributed by atoms with E-state index in [9.17, 15) is 26.7 Å². The lowest BCUT2D eigenvalue weighted by molar-refractivity contribution is -0.859. The van der Waals surface area contributed by atoms with Crippen LogP contribution in [0.4, 0.5) is 26.7 Å². The molecule has 3 rings (SSSR count). The third-order valence-corrected chi connectivity index (χ3v) is 5.39. The van der Waals surface area contributed by atoms with Crippen LogP contribution in [0, 0.1) is 11.8 Å². The van der Waals surface area contributed by atoms with Crippen LogP contribution in [-0.4, -0.2) is 48.7 Å². The first-order valence-electron chi connectivity index (χ1n) is 8.91. The van der Waals surface area contributed by atoms with Crippen molar-refractivity contribution in [3.8, 4) is 0 Å². The van der Waals surface area contributed by atoms with Gasteiger partial charge in [-0.3, -0.25) is 0 Å². The second kappa shape index (κ2) is 6.42. The molecule has 2 saturated carbocycles. The number of nitrogens with one attached hydrogen (secondary N) is 1. The molecule has 27 heavy (non-hydrogen) atoms. The number of halogens is 5. The van der Waals surface area contributed by atoms with Gasteiger partial charge >= 0.3 is 12.3 Å². The van der Waals surface area contributed by atoms with E-state index in [0.29, 0.717) is 17.1 Å². The molecule has 0 radical (unpaired) electrons. The Morgan fingerprint density at radius 2 is 1.85 bits per heavy atom. The maximum absolute atomic E-state index is 13.3. The summed E-state index contributed by atoms with van der Waals surface area (Å²) < 4.78 is 68.8. The molecule has 0 spiro atoms. The molecule has 0 aromatic heterocycles. The van der Waals surface area contributed by atoms with E-state index in [-0.39, 0.29) is 23.4 Å². The number of rotatable bonds is 4. The summed E-state index contributed by atoms with van der Waals surface area (Å²) in [5.74, 6) is -2.75. The van der Waals surface area contributed by atoms with Gasteiger partial charge in [0.15, 0.2) is 6.10 Å². The zero-order valence-electron chi connectivity index (χ0n) is 15.4. The maximum Gasteiger partial charge on any atom is 0.425 e. The van der Waals surface area contributed by atoms with Gasteiger partial charge in [0, 0.05) is 18.8 Å². The minimum absolute atomic E-state index is 0.0632. The fraction of sp³-hybridized carbons (Fsp3) is 0.765. The lowest BCUT2D eigenvalue weighted by Crippen LogP contribution is -2.43. The molecule has 0 saturated heterocycles. The Balaban J connectivity index is 1.83. The van der Waals surface area contributed by atoms with E-state index in [4.69, 9.17) is 0 Å². The molecule has 5 nitrogen and oxygen atoms in total. The number of carbonyl (C=O) groups excluding carboxylic acids is 1. The van der Waals surface area contributed by atoms with Crippen LogP contribution in [0.2, 0.25) is 0 Å². The number of allylic oxidation sites excluding steroid dienone is 1. The van der Waals surface area contributed by atoms with E-state index in [1.807, 2.05) is 0 Å². The highest BCUT2D eigenvalue weighted by atomic mass is 19.4. The minimum atomic E-state index is -4.66. The number of nitrogens with zero attached hydrogens (tertiary/aromatic N) is 2. The van der Waals surface area contributed by atoms with E-state index in [1.165, 1.54) is 0 Å². The van der Waals surface area contributed by atoms with Crippen molar-refractivity contribution in [3.63, 3.8) is 0 Å². The van der Waals surface area contributed by atoms with Gasteiger partial charge in [-0.1, -0.05) is 11.5 Å². The largest absolute Gasteiger partial charge is 0.437 e. The zero-order chi connectivity index (χ0) is 20.2. The van der Waals surface area contributed by atoms with Crippen LogP contribution in [0.1, 0.15) is 39.0 Å². The van der Waals surface area contributed by atoms with Crippen molar-refractivity contribution in [1.82, 2.24) is 5.32 Å². The van der Waals surface area contributed by atoms with Crippen LogP contribution < -0.4 is 5.32 Å². The summed E-state index contributed by atoms with van der Waals surface area (Å²) in [6, 6.07) is 0. The van der Waals surface area contributed by atoms with Crippen LogP contribution in [0.5, 0.6) is 0 Å². The second-order valence-corrected chi connectivity index (χ2v) is 7.95. The molecule has 1 aliphatic heterocycles. The Labute approximate surface area is 153 Å². The van der Waals surface area contributed by atoms with Gasteiger partial charge in [-0.25, -0.2) is 18.9 Å². The van der Waals surface area contributed by atoms with Crippen molar-refractivity contribution in [2.24, 2.45) is 16.9 Å². The Hall–Kier alpha value is -1.71. The van der Waals surface area contributed by atoms with Crippen LogP contribution >= 0.6 is 0 Å². The molecule has 0 unspecified atom stereocenters. The van der Waals surface area contributed by atoms with Gasteiger partial charge in [0.05, 0.1) is 19.7 Å². The van der Waals surface area contributed by atoms with Crippen LogP contribution in [0.25, 0.3) is 0 Å². The number of carbonyl (C=O) groups is 1. The van der Waals surface area contributed by atoms with E-state index >= 15 is 0 Å². The standard InChI is InChI=1S/C17H22F5N3O2/c1-9(17(20,21)22)27-15(26)23-14-12(10-5-4-6-10)13(24-25(14,2)3)11-7-16(18,19)8-11/h9-11H,4-8H2,1-3H3/p+1/t9-/m0/s1. The number of alkyl halides is 5. The molecule has 3 aliphatic rings. The lowest BCUT2D eigenvalue weighted by atomic mass is 9.70. The Morgan fingerprint density at radius 1 is 1.26 bits per heavy atom. The molecule has 1 heterocycles. The maximum atomic E-state index is 13.3. The van der Waals surface area contributed by atoms with E-state index in [0.717, 1.165) is 26.2 Å². The van der Waals surface area contributed by atoms with Crippen molar-refractivity contribution in [2.75, 3.05) is 14.1 Å². The summed E-state index contributed by atoms with van der Waals surface area (Å²) in [6.07, 6.45) is -6.12. The van der Waals surface area contributed by atoms with Crippen molar-refractivity contribution in [2.45, 2.75) is 57.2 Å². The first kappa shape index (κ1) is 20.0. The van der Waals surface area contributed by atoms with Gasteiger partial charge in [0.1, 0.15) is 5.71 Å². The van der Waals surface area contributed by atoms with Crippen molar-refractivity contribution in [3.05, 3.63) is 11.4 Å². The highest BCUT2D eigenvalue weighted by Gasteiger charge is 2.54. The number of ether oxygens (including phenoxy) is 1. The summed E-state index contributed by atoms with van der Waals surface area (Å²) in [5, 5.41) is 6.92. The molecule has 1 N–H and O–H groups in total. The zero-order valence-corrected chi connectivity index (χ0v) is 15.4. The Kier molecular flexibility index (Phi) is 4.77. The third kappa shape index (κ3) is 3.95. The van der Waals surface area contributed by atoms with E-state index < -0.39 is 30.2 Å². The van der Waals surface area contributed by atoms with Gasteiger partial charge in [-0.05, 0) is 25.7 Å². The number of amides is 1. The van der Waals surface area contributed by atoms with Gasteiger partial charge in [0.2, 0.25) is 11.7 Å². The normalized spacial score (nSPS) is 26.1. The van der Waals surface area contributed by atoms with Crippen LogP contribution in [0.3, 0.4) is 0 Å². The predicted octanol–water partition coefficient (Wildman–Crippen LogP) is 4.17. The van der Waals surface area contributed by atoms with Gasteiger partial charge in [0.25, 0.3) is 0 Å². The fourth-order valence-electron chi connectivity index (χ4n) is 3.60. The number of alkyl carbamates (subject to hydrolysis) is 1. The second-order valence-electron chi connectivity index (χ2n) is 7.95. The van der Waals surface area contributed by atoms with E-state index in [2.05, 4.69) is 15.2 Å². The first-order valence-corrected chi connectivity index (χ1v) is 8.91. The highest BCUT2D eigenvalue weighted by molar-refractivity contribution is 6.04. The molecule has 152 valence electrons. The molecular weight excluding hydrogens is 373 g/mol. The number of hydrogen-bond donors (Lipinski definition) is 1. The smallest absolute Gasteiger partial charge is 0.425 e. The molecule has 2 fully saturated rings. The summed E-state index contributed by atoms with van der Waals surface area (Å²) in [7, 11) is 3.29. The Bertz CT molecular complexity index is 687. The molecule has 0 aromatic carbocycles. The summed E-state index contributed by atoms with van der Waals surface area (Å²) in [4.78, 5) is 12.0. The molecule has 2 aliphatic carbocycles. The monoisotopic (exact) mass is 396 g/mol.